The summed E-state index contributed by atoms with van der Waals surface area (Å²) < 4.78 is 10.1. The Kier molecular flexibility index (Phi) is 7.14. The van der Waals surface area contributed by atoms with Crippen LogP contribution in [0.25, 0.3) is 21.9 Å². The molecule has 0 radical (unpaired) electrons. The maximum Gasteiger partial charge on any atom is 0.323 e. The van der Waals surface area contributed by atoms with Gasteiger partial charge in [0.05, 0.1) is 16.9 Å². The summed E-state index contributed by atoms with van der Waals surface area (Å²) in [6.45, 7) is 11.5. The molecule has 4 aromatic rings. The normalized spacial score (nSPS) is 18.5. The highest BCUT2D eigenvalue weighted by Gasteiger charge is 2.31. The molecule has 0 aliphatic carbocycles. The molecule has 5 heterocycles. The predicted octanol–water partition coefficient (Wildman–Crippen LogP) is 4.63. The molecule has 4 aromatic heterocycles. The monoisotopic (exact) mass is 539 g/mol. The maximum atomic E-state index is 12.9. The fourth-order valence-corrected chi connectivity index (χ4v) is 6.00. The van der Waals surface area contributed by atoms with E-state index >= 15 is 0 Å². The van der Waals surface area contributed by atoms with Crippen LogP contribution >= 0.6 is 11.3 Å². The Labute approximate surface area is 220 Å². The Bertz CT molecular complexity index is 1460. The molecule has 0 saturated carbocycles. The first-order chi connectivity index (χ1) is 17.7. The predicted molar refractivity (Wildman–Crippen MR) is 149 cm³/mol. The fourth-order valence-electron chi connectivity index (χ4n) is 4.81. The van der Waals surface area contributed by atoms with Gasteiger partial charge >= 0.3 is 6.03 Å². The second kappa shape index (κ2) is 10.3. The first-order valence-electron chi connectivity index (χ1n) is 12.6. The number of amides is 2. The van der Waals surface area contributed by atoms with Gasteiger partial charge in [0.1, 0.15) is 17.9 Å². The summed E-state index contributed by atoms with van der Waals surface area (Å²) in [4.78, 5) is 32.2. The number of pyridine rings is 2. The SMILES string of the molecule is CC1CCN(C(=O)Nc2nncs2)CC1n1ccc(=O)c2cnc3c(ccn3COCC[Si](C)(C)C)c21. The van der Waals surface area contributed by atoms with Gasteiger partial charge in [0.15, 0.2) is 5.43 Å². The van der Waals surface area contributed by atoms with Crippen molar-refractivity contribution in [2.45, 2.75) is 51.8 Å². The molecule has 2 atom stereocenters. The van der Waals surface area contributed by atoms with Crippen molar-refractivity contribution in [2.75, 3.05) is 25.0 Å². The summed E-state index contributed by atoms with van der Waals surface area (Å²) in [5, 5.41) is 12.5. The molecular formula is C25H33N7O3SSi. The standard InChI is InChI=1S/C25H33N7O3SSi/c1-17-5-8-30(25(34)28-24-29-27-15-36-24)14-20(17)32-10-7-21(33)19-13-26-23-18(22(19)32)6-9-31(23)16-35-11-12-37(2,3)4/h6-7,9-10,13,15,17,20H,5,8,11-12,14,16H2,1-4H3,(H,28,29,34). The molecule has 10 nitrogen and oxygen atoms in total. The van der Waals surface area contributed by atoms with E-state index in [-0.39, 0.29) is 17.5 Å². The van der Waals surface area contributed by atoms with Crippen LogP contribution in [0.15, 0.2) is 41.0 Å². The average Bonchev–Trinajstić information content (AvgIpc) is 3.52. The van der Waals surface area contributed by atoms with Gasteiger partial charge in [0.2, 0.25) is 5.13 Å². The maximum absolute atomic E-state index is 12.9. The number of aromatic nitrogens is 5. The van der Waals surface area contributed by atoms with E-state index in [4.69, 9.17) is 4.74 Å². The number of urea groups is 1. The molecule has 0 spiro atoms. The lowest BCUT2D eigenvalue weighted by Gasteiger charge is -2.38. The minimum Gasteiger partial charge on any atom is -0.361 e. The highest BCUT2D eigenvalue weighted by molar-refractivity contribution is 7.13. The van der Waals surface area contributed by atoms with Crippen LogP contribution in [-0.2, 0) is 11.5 Å². The van der Waals surface area contributed by atoms with Gasteiger partial charge in [0, 0.05) is 57.8 Å². The van der Waals surface area contributed by atoms with Crippen LogP contribution in [0, 0.1) is 5.92 Å². The van der Waals surface area contributed by atoms with Crippen molar-refractivity contribution in [1.82, 2.24) is 29.2 Å². The Morgan fingerprint density at radius 3 is 2.84 bits per heavy atom. The van der Waals surface area contributed by atoms with E-state index in [1.165, 1.54) is 11.3 Å². The van der Waals surface area contributed by atoms with Crippen molar-refractivity contribution in [1.29, 1.82) is 0 Å². The molecule has 1 saturated heterocycles. The minimum atomic E-state index is -1.17. The van der Waals surface area contributed by atoms with Gasteiger partial charge in [-0.3, -0.25) is 10.1 Å². The number of nitrogens with one attached hydrogen (secondary N) is 1. The van der Waals surface area contributed by atoms with E-state index < -0.39 is 8.07 Å². The van der Waals surface area contributed by atoms with Gasteiger partial charge < -0.3 is 18.8 Å². The number of carbonyl (C=O) groups excluding carboxylic acids is 1. The smallest absolute Gasteiger partial charge is 0.323 e. The molecule has 196 valence electrons. The van der Waals surface area contributed by atoms with Crippen molar-refractivity contribution in [3.05, 3.63) is 46.5 Å². The largest absolute Gasteiger partial charge is 0.361 e. The second-order valence-corrected chi connectivity index (χ2v) is 17.4. The van der Waals surface area contributed by atoms with Crippen LogP contribution in [0.4, 0.5) is 9.93 Å². The number of fused-ring (bicyclic) bond motifs is 3. The Morgan fingerprint density at radius 1 is 1.24 bits per heavy atom. The molecule has 12 heteroatoms. The Morgan fingerprint density at radius 2 is 2.08 bits per heavy atom. The molecule has 1 aliphatic heterocycles. The molecule has 5 rings (SSSR count). The third-order valence-electron chi connectivity index (χ3n) is 7.03. The van der Waals surface area contributed by atoms with Crippen molar-refractivity contribution in [3.63, 3.8) is 0 Å². The minimum absolute atomic E-state index is 0.000959. The molecule has 2 amide bonds. The summed E-state index contributed by atoms with van der Waals surface area (Å²) in [5.74, 6) is 0.312. The summed E-state index contributed by atoms with van der Waals surface area (Å²) in [6, 6.07) is 4.52. The lowest BCUT2D eigenvalue weighted by molar-refractivity contribution is 0.0899. The van der Waals surface area contributed by atoms with Crippen LogP contribution < -0.4 is 10.7 Å². The van der Waals surface area contributed by atoms with Crippen molar-refractivity contribution >= 4 is 52.5 Å². The first kappa shape index (κ1) is 25.6. The Hall–Kier alpha value is -3.09. The molecule has 1 fully saturated rings. The number of anilines is 1. The third kappa shape index (κ3) is 5.46. The van der Waals surface area contributed by atoms with Crippen LogP contribution in [0.2, 0.25) is 25.7 Å². The number of likely N-dealkylation sites (tertiary alicyclic amines) is 1. The number of carbonyl (C=O) groups is 1. The van der Waals surface area contributed by atoms with Gasteiger partial charge in [-0.2, -0.15) is 0 Å². The van der Waals surface area contributed by atoms with E-state index in [0.29, 0.717) is 36.3 Å². The molecule has 0 bridgehead atoms. The summed E-state index contributed by atoms with van der Waals surface area (Å²) >= 11 is 1.29. The van der Waals surface area contributed by atoms with E-state index in [0.717, 1.165) is 35.6 Å². The molecule has 1 aliphatic rings. The van der Waals surface area contributed by atoms with E-state index in [1.807, 2.05) is 27.9 Å². The number of hydrogen-bond acceptors (Lipinski definition) is 7. The molecule has 0 aromatic carbocycles. The molecular weight excluding hydrogens is 506 g/mol. The quantitative estimate of drug-likeness (QED) is 0.271. The van der Waals surface area contributed by atoms with Crippen LogP contribution in [0.5, 0.6) is 0 Å². The van der Waals surface area contributed by atoms with Crippen molar-refractivity contribution in [2.24, 2.45) is 5.92 Å². The Balaban J connectivity index is 1.46. The van der Waals surface area contributed by atoms with E-state index in [2.05, 4.69) is 51.6 Å². The zero-order valence-corrected chi connectivity index (χ0v) is 23.5. The van der Waals surface area contributed by atoms with Gasteiger partial charge in [-0.1, -0.05) is 37.9 Å². The number of ether oxygens (including phenoxy) is 1. The zero-order valence-electron chi connectivity index (χ0n) is 21.7. The summed E-state index contributed by atoms with van der Waals surface area (Å²) in [6.07, 6.45) is 6.35. The zero-order chi connectivity index (χ0) is 26.2. The topological polar surface area (TPSA) is 107 Å². The molecule has 2 unspecified atom stereocenters. The van der Waals surface area contributed by atoms with Crippen LogP contribution in [0.3, 0.4) is 0 Å². The average molecular weight is 540 g/mol. The van der Waals surface area contributed by atoms with Crippen LogP contribution in [0.1, 0.15) is 19.4 Å². The van der Waals surface area contributed by atoms with Gasteiger partial charge in [-0.25, -0.2) is 9.78 Å². The number of rotatable bonds is 7. The molecule has 1 N–H and O–H groups in total. The highest BCUT2D eigenvalue weighted by Crippen LogP contribution is 2.33. The second-order valence-electron chi connectivity index (χ2n) is 10.9. The van der Waals surface area contributed by atoms with E-state index in [1.54, 1.807) is 17.8 Å². The van der Waals surface area contributed by atoms with Gasteiger partial charge in [0.25, 0.3) is 0 Å². The molecule has 37 heavy (non-hydrogen) atoms. The van der Waals surface area contributed by atoms with Gasteiger partial charge in [-0.15, -0.1) is 10.2 Å². The number of nitrogens with zero attached hydrogens (tertiary/aromatic N) is 6. The lowest BCUT2D eigenvalue weighted by Crippen LogP contribution is -2.45. The van der Waals surface area contributed by atoms with E-state index in [9.17, 15) is 9.59 Å². The number of piperidine rings is 1. The van der Waals surface area contributed by atoms with Crippen molar-refractivity contribution in [3.8, 4) is 0 Å². The van der Waals surface area contributed by atoms with Crippen LogP contribution in [-0.4, -0.2) is 63.0 Å². The third-order valence-corrected chi connectivity index (χ3v) is 9.35. The summed E-state index contributed by atoms with van der Waals surface area (Å²) in [5.41, 5.74) is 3.16. The fraction of sp³-hybridized carbons (Fsp3) is 0.480. The lowest BCUT2D eigenvalue weighted by atomic mass is 9.92. The van der Waals surface area contributed by atoms with Gasteiger partial charge in [-0.05, 0) is 24.4 Å². The summed E-state index contributed by atoms with van der Waals surface area (Å²) in [7, 11) is -1.17. The van der Waals surface area contributed by atoms with Crippen molar-refractivity contribution < 1.29 is 9.53 Å². The number of hydrogen-bond donors (Lipinski definition) is 1. The first-order valence-corrected chi connectivity index (χ1v) is 17.2. The highest BCUT2D eigenvalue weighted by atomic mass is 32.1.